The number of aromatic nitrogens is 3. The number of carbonyl (C=O) groups is 1. The lowest BCUT2D eigenvalue weighted by molar-refractivity contribution is -0.121. The first kappa shape index (κ1) is 19.5. The molecule has 1 N–H and O–H groups in total. The lowest BCUT2D eigenvalue weighted by Crippen LogP contribution is -2.39. The van der Waals surface area contributed by atoms with Gasteiger partial charge in [-0.15, -0.1) is 10.2 Å². The zero-order valence-electron chi connectivity index (χ0n) is 16.6. The highest BCUT2D eigenvalue weighted by Gasteiger charge is 2.31. The van der Waals surface area contributed by atoms with Gasteiger partial charge in [0.2, 0.25) is 5.91 Å². The van der Waals surface area contributed by atoms with Gasteiger partial charge in [0, 0.05) is 12.0 Å². The second-order valence-electron chi connectivity index (χ2n) is 8.14. The highest BCUT2D eigenvalue weighted by molar-refractivity contribution is 8.00. The maximum absolute atomic E-state index is 12.8. The van der Waals surface area contributed by atoms with Crippen molar-refractivity contribution < 1.29 is 4.79 Å². The van der Waals surface area contributed by atoms with Crippen LogP contribution in [0.25, 0.3) is 0 Å². The molecule has 0 aliphatic heterocycles. The molecule has 1 atom stereocenters. The molecule has 1 aromatic carbocycles. The van der Waals surface area contributed by atoms with Gasteiger partial charge in [0.25, 0.3) is 0 Å². The van der Waals surface area contributed by atoms with Crippen molar-refractivity contribution in [3.63, 3.8) is 0 Å². The average Bonchev–Trinajstić information content (AvgIpc) is 3.51. The zero-order valence-corrected chi connectivity index (χ0v) is 17.5. The van der Waals surface area contributed by atoms with Crippen molar-refractivity contribution in [1.82, 2.24) is 20.1 Å². The van der Waals surface area contributed by atoms with Gasteiger partial charge in [-0.1, -0.05) is 67.8 Å². The van der Waals surface area contributed by atoms with Crippen LogP contribution in [-0.4, -0.2) is 32.0 Å². The molecular weight excluding hydrogens is 368 g/mol. The fourth-order valence-electron chi connectivity index (χ4n) is 3.90. The molecule has 0 saturated heterocycles. The molecule has 4 rings (SSSR count). The minimum absolute atomic E-state index is 0.124. The summed E-state index contributed by atoms with van der Waals surface area (Å²) in [4.78, 5) is 12.8. The van der Waals surface area contributed by atoms with Crippen molar-refractivity contribution >= 4 is 17.7 Å². The van der Waals surface area contributed by atoms with Gasteiger partial charge >= 0.3 is 0 Å². The number of carbonyl (C=O) groups excluding carboxylic acids is 1. The van der Waals surface area contributed by atoms with E-state index in [9.17, 15) is 4.79 Å². The van der Waals surface area contributed by atoms with Crippen molar-refractivity contribution in [3.8, 4) is 0 Å². The Balaban J connectivity index is 1.43. The largest absolute Gasteiger partial charge is 0.352 e. The summed E-state index contributed by atoms with van der Waals surface area (Å²) in [6.45, 7) is 2.74. The molecule has 0 radical (unpaired) electrons. The van der Waals surface area contributed by atoms with E-state index in [1.807, 2.05) is 13.0 Å². The minimum atomic E-state index is -0.172. The molecule has 0 spiro atoms. The van der Waals surface area contributed by atoms with Crippen LogP contribution in [0.1, 0.15) is 75.6 Å². The third kappa shape index (κ3) is 4.96. The molecule has 2 aliphatic carbocycles. The van der Waals surface area contributed by atoms with Crippen LogP contribution in [0.2, 0.25) is 0 Å². The molecule has 5 nitrogen and oxygen atoms in total. The van der Waals surface area contributed by atoms with E-state index < -0.39 is 0 Å². The van der Waals surface area contributed by atoms with Crippen LogP contribution < -0.4 is 5.32 Å². The molecule has 1 aromatic heterocycles. The highest BCUT2D eigenvalue weighted by atomic mass is 32.2. The monoisotopic (exact) mass is 398 g/mol. The summed E-state index contributed by atoms with van der Waals surface area (Å²) in [6, 6.07) is 10.8. The van der Waals surface area contributed by atoms with Gasteiger partial charge in [-0.05, 0) is 38.2 Å². The fraction of sp³-hybridized carbons (Fsp3) is 0.591. The number of nitrogens with one attached hydrogen (secondary N) is 1. The van der Waals surface area contributed by atoms with E-state index in [1.165, 1.54) is 55.9 Å². The van der Waals surface area contributed by atoms with E-state index in [1.54, 1.807) is 0 Å². The highest BCUT2D eigenvalue weighted by Crippen LogP contribution is 2.40. The fourth-order valence-corrected chi connectivity index (χ4v) is 4.76. The van der Waals surface area contributed by atoms with Crippen molar-refractivity contribution in [1.29, 1.82) is 0 Å². The standard InChI is InChI=1S/C22H30N4OS/c1-16(21(27)23-19-11-7-2-3-8-12-19)28-22-25-24-20(18-13-14-18)26(22)15-17-9-5-4-6-10-17/h4-6,9-10,16,18-19H,2-3,7-8,11-15H2,1H3,(H,23,27)/t16-/m1/s1. The topological polar surface area (TPSA) is 59.8 Å². The summed E-state index contributed by atoms with van der Waals surface area (Å²) >= 11 is 1.53. The quantitative estimate of drug-likeness (QED) is 0.550. The van der Waals surface area contributed by atoms with Crippen LogP contribution in [0.15, 0.2) is 35.5 Å². The predicted molar refractivity (Wildman–Crippen MR) is 112 cm³/mol. The first-order chi connectivity index (χ1) is 13.7. The first-order valence-corrected chi connectivity index (χ1v) is 11.5. The molecule has 0 unspecified atom stereocenters. The Hall–Kier alpha value is -1.82. The number of nitrogens with zero attached hydrogens (tertiary/aromatic N) is 3. The van der Waals surface area contributed by atoms with Gasteiger partial charge < -0.3 is 9.88 Å². The van der Waals surface area contributed by atoms with E-state index >= 15 is 0 Å². The van der Waals surface area contributed by atoms with E-state index in [2.05, 4.69) is 44.3 Å². The molecule has 1 amide bonds. The minimum Gasteiger partial charge on any atom is -0.352 e. The van der Waals surface area contributed by atoms with Gasteiger partial charge in [-0.2, -0.15) is 0 Å². The predicted octanol–water partition coefficient (Wildman–Crippen LogP) is 4.52. The van der Waals surface area contributed by atoms with Gasteiger partial charge in [0.1, 0.15) is 5.82 Å². The molecule has 2 aromatic rings. The lowest BCUT2D eigenvalue weighted by Gasteiger charge is -2.19. The number of thioether (sulfide) groups is 1. The van der Waals surface area contributed by atoms with E-state index in [0.29, 0.717) is 12.0 Å². The first-order valence-electron chi connectivity index (χ1n) is 10.6. The zero-order chi connectivity index (χ0) is 19.3. The van der Waals surface area contributed by atoms with E-state index in [0.717, 1.165) is 30.4 Å². The molecule has 2 fully saturated rings. The Morgan fingerprint density at radius 3 is 2.50 bits per heavy atom. The number of hydrogen-bond donors (Lipinski definition) is 1. The van der Waals surface area contributed by atoms with Crippen LogP contribution in [0, 0.1) is 0 Å². The summed E-state index contributed by atoms with van der Waals surface area (Å²) in [5.74, 6) is 1.72. The maximum atomic E-state index is 12.8. The smallest absolute Gasteiger partial charge is 0.233 e. The van der Waals surface area contributed by atoms with Gasteiger partial charge in [-0.3, -0.25) is 4.79 Å². The molecular formula is C22H30N4OS. The second kappa shape index (κ2) is 9.12. The Kier molecular flexibility index (Phi) is 6.35. The molecule has 28 heavy (non-hydrogen) atoms. The van der Waals surface area contributed by atoms with Gasteiger partial charge in [0.15, 0.2) is 5.16 Å². The Labute approximate surface area is 171 Å². The summed E-state index contributed by atoms with van der Waals surface area (Å²) in [6.07, 6.45) is 9.64. The number of hydrogen-bond acceptors (Lipinski definition) is 4. The van der Waals surface area contributed by atoms with Crippen molar-refractivity contribution in [2.75, 3.05) is 0 Å². The van der Waals surface area contributed by atoms with Gasteiger partial charge in [-0.25, -0.2) is 0 Å². The van der Waals surface area contributed by atoms with Crippen LogP contribution in [0.5, 0.6) is 0 Å². The Morgan fingerprint density at radius 2 is 1.82 bits per heavy atom. The van der Waals surface area contributed by atoms with Crippen LogP contribution in [-0.2, 0) is 11.3 Å². The Bertz CT molecular complexity index is 779. The SMILES string of the molecule is C[C@@H](Sc1nnc(C2CC2)n1Cc1ccccc1)C(=O)NC1CCCCCC1. The van der Waals surface area contributed by atoms with Crippen LogP contribution >= 0.6 is 11.8 Å². The molecule has 150 valence electrons. The summed E-state index contributed by atoms with van der Waals surface area (Å²) in [5, 5.41) is 12.9. The lowest BCUT2D eigenvalue weighted by atomic mass is 10.1. The molecule has 6 heteroatoms. The van der Waals surface area contributed by atoms with Crippen LogP contribution in [0.3, 0.4) is 0 Å². The summed E-state index contributed by atoms with van der Waals surface area (Å²) in [5.41, 5.74) is 1.24. The third-order valence-corrected chi connectivity index (χ3v) is 6.80. The number of benzene rings is 1. The second-order valence-corrected chi connectivity index (χ2v) is 9.45. The van der Waals surface area contributed by atoms with Crippen LogP contribution in [0.4, 0.5) is 0 Å². The average molecular weight is 399 g/mol. The molecule has 2 aliphatic rings. The Morgan fingerprint density at radius 1 is 1.11 bits per heavy atom. The normalized spacial score (nSPS) is 19.2. The molecule has 0 bridgehead atoms. The number of rotatable bonds is 7. The van der Waals surface area contributed by atoms with Gasteiger partial charge in [0.05, 0.1) is 11.8 Å². The van der Waals surface area contributed by atoms with Crippen molar-refractivity contribution in [3.05, 3.63) is 41.7 Å². The molecule has 2 saturated carbocycles. The maximum Gasteiger partial charge on any atom is 0.233 e. The van der Waals surface area contributed by atoms with Crippen molar-refractivity contribution in [2.45, 2.75) is 87.2 Å². The number of amides is 1. The van der Waals surface area contributed by atoms with E-state index in [-0.39, 0.29) is 11.2 Å². The summed E-state index contributed by atoms with van der Waals surface area (Å²) < 4.78 is 2.22. The summed E-state index contributed by atoms with van der Waals surface area (Å²) in [7, 11) is 0. The van der Waals surface area contributed by atoms with Crippen molar-refractivity contribution in [2.24, 2.45) is 0 Å². The third-order valence-electron chi connectivity index (χ3n) is 5.72. The molecule has 1 heterocycles. The van der Waals surface area contributed by atoms with E-state index in [4.69, 9.17) is 0 Å².